The standard InChI is InChI=1S/C19H31N3O3/c1-6-22(7-2)19(24)21-13-12-20-18(23)15(5)25-17-10-8-16(9-11-17)14(3)4/h8-11,14-15H,6-7,12-13H2,1-5H3,(H,20,23)(H,21,24). The second-order valence-corrected chi connectivity index (χ2v) is 6.18. The highest BCUT2D eigenvalue weighted by Crippen LogP contribution is 2.19. The molecule has 1 aromatic carbocycles. The van der Waals surface area contributed by atoms with Gasteiger partial charge in [-0.2, -0.15) is 0 Å². The molecule has 0 spiro atoms. The van der Waals surface area contributed by atoms with Crippen molar-refractivity contribution >= 4 is 11.9 Å². The molecule has 3 amide bonds. The molecule has 6 heteroatoms. The van der Waals surface area contributed by atoms with Crippen molar-refractivity contribution in [3.05, 3.63) is 29.8 Å². The molecule has 0 bridgehead atoms. The third-order valence-electron chi connectivity index (χ3n) is 3.98. The Bertz CT molecular complexity index is 539. The summed E-state index contributed by atoms with van der Waals surface area (Å²) in [6, 6.07) is 7.65. The molecule has 0 aromatic heterocycles. The second-order valence-electron chi connectivity index (χ2n) is 6.18. The molecule has 1 aromatic rings. The first-order valence-corrected chi connectivity index (χ1v) is 8.96. The van der Waals surface area contributed by atoms with Crippen molar-refractivity contribution in [3.63, 3.8) is 0 Å². The molecule has 6 nitrogen and oxygen atoms in total. The van der Waals surface area contributed by atoms with Gasteiger partial charge in [0.2, 0.25) is 0 Å². The van der Waals surface area contributed by atoms with Crippen molar-refractivity contribution in [2.24, 2.45) is 0 Å². The van der Waals surface area contributed by atoms with Crippen LogP contribution in [0, 0.1) is 0 Å². The first-order valence-electron chi connectivity index (χ1n) is 8.96. The molecule has 0 aliphatic carbocycles. The van der Waals surface area contributed by atoms with Gasteiger partial charge in [0.25, 0.3) is 5.91 Å². The summed E-state index contributed by atoms with van der Waals surface area (Å²) in [5.41, 5.74) is 1.23. The Hall–Kier alpha value is -2.24. The Morgan fingerprint density at radius 2 is 1.56 bits per heavy atom. The summed E-state index contributed by atoms with van der Waals surface area (Å²) in [6.07, 6.45) is -0.594. The minimum atomic E-state index is -0.594. The molecule has 0 saturated heterocycles. The van der Waals surface area contributed by atoms with Crippen LogP contribution in [0.2, 0.25) is 0 Å². The predicted octanol–water partition coefficient (Wildman–Crippen LogP) is 2.74. The lowest BCUT2D eigenvalue weighted by atomic mass is 10.0. The molecule has 0 saturated carbocycles. The van der Waals surface area contributed by atoms with E-state index in [2.05, 4.69) is 24.5 Å². The van der Waals surface area contributed by atoms with E-state index in [1.165, 1.54) is 5.56 Å². The number of rotatable bonds is 9. The van der Waals surface area contributed by atoms with E-state index >= 15 is 0 Å². The van der Waals surface area contributed by atoms with Gasteiger partial charge < -0.3 is 20.3 Å². The molecule has 0 heterocycles. The number of hydrogen-bond donors (Lipinski definition) is 2. The van der Waals surface area contributed by atoms with Crippen LogP contribution in [-0.2, 0) is 4.79 Å². The molecule has 0 aliphatic rings. The molecule has 140 valence electrons. The zero-order valence-corrected chi connectivity index (χ0v) is 16.0. The van der Waals surface area contributed by atoms with E-state index in [9.17, 15) is 9.59 Å². The van der Waals surface area contributed by atoms with E-state index in [4.69, 9.17) is 4.74 Å². The van der Waals surface area contributed by atoms with E-state index in [1.54, 1.807) is 11.8 Å². The van der Waals surface area contributed by atoms with Crippen molar-refractivity contribution < 1.29 is 14.3 Å². The molecule has 0 fully saturated rings. The number of benzene rings is 1. The van der Waals surface area contributed by atoms with Gasteiger partial charge in [-0.15, -0.1) is 0 Å². The highest BCUT2D eigenvalue weighted by atomic mass is 16.5. The second kappa shape index (κ2) is 10.6. The SMILES string of the molecule is CCN(CC)C(=O)NCCNC(=O)C(C)Oc1ccc(C(C)C)cc1. The van der Waals surface area contributed by atoms with E-state index in [-0.39, 0.29) is 11.9 Å². The van der Waals surface area contributed by atoms with Crippen molar-refractivity contribution in [3.8, 4) is 5.75 Å². The number of urea groups is 1. The maximum Gasteiger partial charge on any atom is 0.317 e. The highest BCUT2D eigenvalue weighted by molar-refractivity contribution is 5.80. The maximum atomic E-state index is 12.1. The average Bonchev–Trinajstić information content (AvgIpc) is 2.60. The zero-order valence-electron chi connectivity index (χ0n) is 16.0. The molecule has 1 unspecified atom stereocenters. The quantitative estimate of drug-likeness (QED) is 0.674. The van der Waals surface area contributed by atoms with Gasteiger partial charge in [0.15, 0.2) is 6.10 Å². The largest absolute Gasteiger partial charge is 0.481 e. The number of nitrogens with one attached hydrogen (secondary N) is 2. The van der Waals surface area contributed by atoms with Crippen LogP contribution in [0.25, 0.3) is 0 Å². The van der Waals surface area contributed by atoms with Crippen LogP contribution >= 0.6 is 0 Å². The van der Waals surface area contributed by atoms with Crippen LogP contribution in [0.4, 0.5) is 4.79 Å². The van der Waals surface area contributed by atoms with E-state index in [1.807, 2.05) is 38.1 Å². The van der Waals surface area contributed by atoms with Crippen LogP contribution in [0.1, 0.15) is 46.1 Å². The fraction of sp³-hybridized carbons (Fsp3) is 0.579. The molecule has 0 aliphatic heterocycles. The Labute approximate surface area is 150 Å². The molecule has 25 heavy (non-hydrogen) atoms. The minimum Gasteiger partial charge on any atom is -0.481 e. The van der Waals surface area contributed by atoms with Crippen LogP contribution in [0.3, 0.4) is 0 Å². The predicted molar refractivity (Wildman–Crippen MR) is 100.0 cm³/mol. The van der Waals surface area contributed by atoms with Gasteiger partial charge in [-0.3, -0.25) is 4.79 Å². The summed E-state index contributed by atoms with van der Waals surface area (Å²) < 4.78 is 5.65. The third kappa shape index (κ3) is 7.03. The fourth-order valence-electron chi connectivity index (χ4n) is 2.31. The van der Waals surface area contributed by atoms with Gasteiger partial charge in [0.05, 0.1) is 0 Å². The van der Waals surface area contributed by atoms with Crippen LogP contribution in [0.15, 0.2) is 24.3 Å². The molecule has 0 radical (unpaired) electrons. The monoisotopic (exact) mass is 349 g/mol. The average molecular weight is 349 g/mol. The van der Waals surface area contributed by atoms with Crippen LogP contribution < -0.4 is 15.4 Å². The summed E-state index contributed by atoms with van der Waals surface area (Å²) in [5.74, 6) is 0.924. The Balaban J connectivity index is 2.33. The first kappa shape index (κ1) is 20.8. The van der Waals surface area contributed by atoms with Crippen molar-refractivity contribution in [1.29, 1.82) is 0 Å². The number of ether oxygens (including phenoxy) is 1. The maximum absolute atomic E-state index is 12.1. The van der Waals surface area contributed by atoms with Crippen molar-refractivity contribution in [2.75, 3.05) is 26.2 Å². The minimum absolute atomic E-state index is 0.117. The molecule has 1 rings (SSSR count). The number of hydrogen-bond acceptors (Lipinski definition) is 3. The van der Waals surface area contributed by atoms with Gasteiger partial charge in [0.1, 0.15) is 5.75 Å². The summed E-state index contributed by atoms with van der Waals surface area (Å²) >= 11 is 0. The summed E-state index contributed by atoms with van der Waals surface area (Å²) in [6.45, 7) is 11.9. The molecule has 2 N–H and O–H groups in total. The van der Waals surface area contributed by atoms with E-state index in [0.29, 0.717) is 37.8 Å². The summed E-state index contributed by atoms with van der Waals surface area (Å²) in [5, 5.41) is 5.54. The smallest absolute Gasteiger partial charge is 0.317 e. The first-order chi connectivity index (χ1) is 11.9. The van der Waals surface area contributed by atoms with Crippen molar-refractivity contribution in [1.82, 2.24) is 15.5 Å². The number of amides is 3. The normalized spacial score (nSPS) is 11.8. The van der Waals surface area contributed by atoms with Gasteiger partial charge >= 0.3 is 6.03 Å². The topological polar surface area (TPSA) is 70.7 Å². The van der Waals surface area contributed by atoms with Crippen LogP contribution in [0.5, 0.6) is 5.75 Å². The Kier molecular flexibility index (Phi) is 8.81. The lowest BCUT2D eigenvalue weighted by molar-refractivity contribution is -0.127. The number of carbonyl (C=O) groups excluding carboxylic acids is 2. The van der Waals surface area contributed by atoms with E-state index in [0.717, 1.165) is 0 Å². The molecular weight excluding hydrogens is 318 g/mol. The highest BCUT2D eigenvalue weighted by Gasteiger charge is 2.14. The van der Waals surface area contributed by atoms with Gasteiger partial charge in [0, 0.05) is 26.2 Å². The lowest BCUT2D eigenvalue weighted by Gasteiger charge is -2.19. The van der Waals surface area contributed by atoms with Gasteiger partial charge in [-0.05, 0) is 44.4 Å². The van der Waals surface area contributed by atoms with Crippen LogP contribution in [-0.4, -0.2) is 49.1 Å². The van der Waals surface area contributed by atoms with Crippen molar-refractivity contribution in [2.45, 2.75) is 46.6 Å². The van der Waals surface area contributed by atoms with Gasteiger partial charge in [-0.25, -0.2) is 4.79 Å². The van der Waals surface area contributed by atoms with Gasteiger partial charge in [-0.1, -0.05) is 26.0 Å². The Morgan fingerprint density at radius 3 is 2.08 bits per heavy atom. The summed E-state index contributed by atoms with van der Waals surface area (Å²) in [7, 11) is 0. The molecular formula is C19H31N3O3. The lowest BCUT2D eigenvalue weighted by Crippen LogP contribution is -2.44. The Morgan fingerprint density at radius 1 is 1.00 bits per heavy atom. The summed E-state index contributed by atoms with van der Waals surface area (Å²) in [4.78, 5) is 25.5. The third-order valence-corrected chi connectivity index (χ3v) is 3.98. The number of carbonyl (C=O) groups is 2. The fourth-order valence-corrected chi connectivity index (χ4v) is 2.31. The zero-order chi connectivity index (χ0) is 18.8. The van der Waals surface area contributed by atoms with E-state index < -0.39 is 6.10 Å². The number of nitrogens with zero attached hydrogens (tertiary/aromatic N) is 1. The molecule has 1 atom stereocenters.